The lowest BCUT2D eigenvalue weighted by atomic mass is 10.1. The summed E-state index contributed by atoms with van der Waals surface area (Å²) in [5.74, 6) is 0. The number of hydrogen-bond acceptors (Lipinski definition) is 4. The summed E-state index contributed by atoms with van der Waals surface area (Å²) >= 11 is 0. The van der Waals surface area contributed by atoms with Gasteiger partial charge in [-0.25, -0.2) is 8.42 Å². The highest BCUT2D eigenvalue weighted by Gasteiger charge is 2.15. The van der Waals surface area contributed by atoms with Crippen LogP contribution in [0.5, 0.6) is 0 Å². The monoisotopic (exact) mass is 270 g/mol. The van der Waals surface area contributed by atoms with Crippen LogP contribution < -0.4 is 0 Å². The molecule has 0 aliphatic rings. The quantitative estimate of drug-likeness (QED) is 0.597. The van der Waals surface area contributed by atoms with Crippen LogP contribution in [0.2, 0.25) is 0 Å². The van der Waals surface area contributed by atoms with Gasteiger partial charge in [-0.2, -0.15) is 4.31 Å². The van der Waals surface area contributed by atoms with Crippen molar-refractivity contribution in [3.63, 3.8) is 0 Å². The molecule has 0 atom stereocenters. The second-order valence-electron chi connectivity index (χ2n) is 4.11. The molecule has 0 spiro atoms. The Bertz CT molecular complexity index is 521. The Labute approximate surface area is 108 Å². The molecule has 18 heavy (non-hydrogen) atoms. The molecule has 0 unspecified atom stereocenters. The van der Waals surface area contributed by atoms with Crippen LogP contribution in [0.1, 0.15) is 11.1 Å². The summed E-state index contributed by atoms with van der Waals surface area (Å²) in [6, 6.07) is 7.68. The molecule has 1 rings (SSSR count). The maximum absolute atomic E-state index is 11.4. The van der Waals surface area contributed by atoms with Gasteiger partial charge in [-0.1, -0.05) is 35.0 Å². The SMILES string of the molecule is CO/N=C(/CN(C)S(C)(=O)=O)c1ccc(C)cc1. The standard InChI is InChI=1S/C12H18N2O3S/c1-10-5-7-11(8-6-10)12(13-17-3)9-14(2)18(4,15)16/h5-8H,9H2,1-4H3/b13-12-. The van der Waals surface area contributed by atoms with E-state index in [0.29, 0.717) is 5.71 Å². The van der Waals surface area contributed by atoms with Gasteiger partial charge in [0.05, 0.1) is 12.8 Å². The van der Waals surface area contributed by atoms with Crippen molar-refractivity contribution in [1.29, 1.82) is 0 Å². The van der Waals surface area contributed by atoms with Crippen molar-refractivity contribution in [2.24, 2.45) is 5.16 Å². The van der Waals surface area contributed by atoms with Crippen LogP contribution in [0.15, 0.2) is 29.4 Å². The van der Waals surface area contributed by atoms with E-state index >= 15 is 0 Å². The first-order valence-electron chi connectivity index (χ1n) is 5.43. The van der Waals surface area contributed by atoms with E-state index in [0.717, 1.165) is 17.4 Å². The van der Waals surface area contributed by atoms with Crippen LogP contribution in [0.25, 0.3) is 0 Å². The summed E-state index contributed by atoms with van der Waals surface area (Å²) in [6.45, 7) is 2.16. The van der Waals surface area contributed by atoms with Gasteiger partial charge in [0.1, 0.15) is 12.8 Å². The molecule has 1 aromatic rings. The van der Waals surface area contributed by atoms with Crippen LogP contribution in [-0.4, -0.2) is 45.4 Å². The molecule has 0 fully saturated rings. The second kappa shape index (κ2) is 5.97. The van der Waals surface area contributed by atoms with Gasteiger partial charge < -0.3 is 4.84 Å². The molecule has 0 amide bonds. The Balaban J connectivity index is 2.98. The largest absolute Gasteiger partial charge is 0.399 e. The predicted molar refractivity (Wildman–Crippen MR) is 72.2 cm³/mol. The maximum Gasteiger partial charge on any atom is 0.211 e. The number of hydrogen-bond donors (Lipinski definition) is 0. The zero-order chi connectivity index (χ0) is 13.8. The van der Waals surface area contributed by atoms with Gasteiger partial charge in [0.2, 0.25) is 10.0 Å². The lowest BCUT2D eigenvalue weighted by molar-refractivity contribution is 0.212. The second-order valence-corrected chi connectivity index (χ2v) is 6.20. The third kappa shape index (κ3) is 4.12. The molecule has 0 aliphatic heterocycles. The van der Waals surface area contributed by atoms with E-state index < -0.39 is 10.0 Å². The van der Waals surface area contributed by atoms with E-state index in [1.165, 1.54) is 18.5 Å². The van der Waals surface area contributed by atoms with Crippen molar-refractivity contribution in [3.8, 4) is 0 Å². The first-order chi connectivity index (χ1) is 8.34. The fraction of sp³-hybridized carbons (Fsp3) is 0.417. The third-order valence-corrected chi connectivity index (χ3v) is 3.79. The molecular formula is C12H18N2O3S. The highest BCUT2D eigenvalue weighted by molar-refractivity contribution is 7.88. The lowest BCUT2D eigenvalue weighted by Gasteiger charge is -2.15. The molecule has 0 saturated heterocycles. The van der Waals surface area contributed by atoms with Crippen molar-refractivity contribution < 1.29 is 13.3 Å². The molecule has 0 aromatic heterocycles. The van der Waals surface area contributed by atoms with Crippen LogP contribution in [0, 0.1) is 6.92 Å². The smallest absolute Gasteiger partial charge is 0.211 e. The zero-order valence-electron chi connectivity index (χ0n) is 11.0. The van der Waals surface area contributed by atoms with E-state index in [-0.39, 0.29) is 6.54 Å². The Kier molecular flexibility index (Phi) is 4.86. The summed E-state index contributed by atoms with van der Waals surface area (Å²) in [5.41, 5.74) is 2.55. The molecule has 0 bridgehead atoms. The minimum atomic E-state index is -3.24. The van der Waals surface area contributed by atoms with Crippen LogP contribution >= 0.6 is 0 Å². The molecule has 6 heteroatoms. The number of aryl methyl sites for hydroxylation is 1. The van der Waals surface area contributed by atoms with Crippen molar-refractivity contribution in [1.82, 2.24) is 4.31 Å². The Morgan fingerprint density at radius 2 is 1.89 bits per heavy atom. The minimum Gasteiger partial charge on any atom is -0.399 e. The van der Waals surface area contributed by atoms with Gasteiger partial charge in [0, 0.05) is 12.6 Å². The van der Waals surface area contributed by atoms with E-state index in [2.05, 4.69) is 5.16 Å². The van der Waals surface area contributed by atoms with Gasteiger partial charge in [0.25, 0.3) is 0 Å². The maximum atomic E-state index is 11.4. The van der Waals surface area contributed by atoms with Crippen LogP contribution in [0.4, 0.5) is 0 Å². The molecule has 100 valence electrons. The number of oxime groups is 1. The van der Waals surface area contributed by atoms with Crippen molar-refractivity contribution in [2.45, 2.75) is 6.92 Å². The summed E-state index contributed by atoms with van der Waals surface area (Å²) in [6.07, 6.45) is 1.16. The highest BCUT2D eigenvalue weighted by Crippen LogP contribution is 2.07. The number of nitrogens with zero attached hydrogens (tertiary/aromatic N) is 2. The molecule has 0 aliphatic carbocycles. The molecule has 0 heterocycles. The number of benzene rings is 1. The molecule has 1 aromatic carbocycles. The number of rotatable bonds is 5. The van der Waals surface area contributed by atoms with Crippen LogP contribution in [-0.2, 0) is 14.9 Å². The van der Waals surface area contributed by atoms with Gasteiger partial charge in [-0.3, -0.25) is 0 Å². The molecule has 5 nitrogen and oxygen atoms in total. The normalized spacial score (nSPS) is 12.8. The summed E-state index contributed by atoms with van der Waals surface area (Å²) in [7, 11) is -0.288. The van der Waals surface area contributed by atoms with Crippen molar-refractivity contribution >= 4 is 15.7 Å². The zero-order valence-corrected chi connectivity index (χ0v) is 11.9. The summed E-state index contributed by atoms with van der Waals surface area (Å²) in [4.78, 5) is 4.77. The van der Waals surface area contributed by atoms with Gasteiger partial charge in [-0.15, -0.1) is 0 Å². The fourth-order valence-corrected chi connectivity index (χ4v) is 1.71. The summed E-state index contributed by atoms with van der Waals surface area (Å²) in [5, 5.41) is 3.89. The average Bonchev–Trinajstić information content (AvgIpc) is 2.28. The topological polar surface area (TPSA) is 59.0 Å². The highest BCUT2D eigenvalue weighted by atomic mass is 32.2. The predicted octanol–water partition coefficient (Wildman–Crippen LogP) is 1.24. The Morgan fingerprint density at radius 3 is 2.33 bits per heavy atom. The lowest BCUT2D eigenvalue weighted by Crippen LogP contribution is -2.31. The van der Waals surface area contributed by atoms with E-state index in [4.69, 9.17) is 4.84 Å². The van der Waals surface area contributed by atoms with Gasteiger partial charge in [-0.05, 0) is 6.92 Å². The third-order valence-electron chi connectivity index (χ3n) is 2.52. The van der Waals surface area contributed by atoms with Gasteiger partial charge >= 0.3 is 0 Å². The molecule has 0 radical (unpaired) electrons. The van der Waals surface area contributed by atoms with E-state index in [1.54, 1.807) is 0 Å². The van der Waals surface area contributed by atoms with Crippen molar-refractivity contribution in [3.05, 3.63) is 35.4 Å². The fourth-order valence-electron chi connectivity index (χ4n) is 1.36. The first kappa shape index (κ1) is 14.7. The Morgan fingerprint density at radius 1 is 1.33 bits per heavy atom. The average molecular weight is 270 g/mol. The van der Waals surface area contributed by atoms with E-state index in [9.17, 15) is 8.42 Å². The number of likely N-dealkylation sites (N-methyl/N-ethyl adjacent to an activating group) is 1. The van der Waals surface area contributed by atoms with E-state index in [1.807, 2.05) is 31.2 Å². The molecular weight excluding hydrogens is 252 g/mol. The minimum absolute atomic E-state index is 0.176. The summed E-state index contributed by atoms with van der Waals surface area (Å²) < 4.78 is 24.0. The van der Waals surface area contributed by atoms with Crippen molar-refractivity contribution in [2.75, 3.05) is 27.0 Å². The molecule has 0 saturated carbocycles. The first-order valence-corrected chi connectivity index (χ1v) is 7.28. The van der Waals surface area contributed by atoms with Gasteiger partial charge in [0.15, 0.2) is 0 Å². The Hall–Kier alpha value is -1.40. The molecule has 0 N–H and O–H groups in total. The number of sulfonamides is 1. The van der Waals surface area contributed by atoms with Crippen LogP contribution in [0.3, 0.4) is 0 Å².